The van der Waals surface area contributed by atoms with Gasteiger partial charge in [-0.3, -0.25) is 9.97 Å². The summed E-state index contributed by atoms with van der Waals surface area (Å²) in [7, 11) is 1.56. The van der Waals surface area contributed by atoms with Crippen LogP contribution < -0.4 is 4.74 Å². The molecule has 0 amide bonds. The van der Waals surface area contributed by atoms with E-state index in [1.807, 2.05) is 78.9 Å². The van der Waals surface area contributed by atoms with Gasteiger partial charge in [0.2, 0.25) is 11.6 Å². The predicted molar refractivity (Wildman–Crippen MR) is 141 cm³/mol. The molecule has 4 aromatic heterocycles. The fraction of sp³-hybridized carbons (Fsp3) is 0.0741. The normalized spacial score (nSPS) is 10.3. The van der Waals surface area contributed by atoms with E-state index in [4.69, 9.17) is 10.00 Å². The van der Waals surface area contributed by atoms with Gasteiger partial charge in [0, 0.05) is 24.0 Å². The first-order valence-electron chi connectivity index (χ1n) is 11.8. The molecule has 39 heavy (non-hydrogen) atoms. The number of benzene rings is 2. The zero-order chi connectivity index (χ0) is 26.9. The summed E-state index contributed by atoms with van der Waals surface area (Å²) in [4.78, 5) is 11.3. The summed E-state index contributed by atoms with van der Waals surface area (Å²) in [5.74, 6) is 1.59. The van der Waals surface area contributed by atoms with E-state index in [2.05, 4.69) is 46.9 Å². The second-order valence-electron chi connectivity index (χ2n) is 7.90. The summed E-state index contributed by atoms with van der Waals surface area (Å²) >= 11 is 0. The number of nitrogens with zero attached hydrogens (tertiary/aromatic N) is 11. The second-order valence-corrected chi connectivity index (χ2v) is 7.90. The molecule has 0 saturated heterocycles. The molecule has 0 unspecified atom stereocenters. The third kappa shape index (κ3) is 5.95. The Labute approximate surface area is 223 Å². The second kappa shape index (κ2) is 11.9. The molecular weight excluding hydrogens is 494 g/mol. The fourth-order valence-corrected chi connectivity index (χ4v) is 3.49. The third-order valence-corrected chi connectivity index (χ3v) is 5.37. The molecule has 190 valence electrons. The third-order valence-electron chi connectivity index (χ3n) is 5.37. The van der Waals surface area contributed by atoms with Crippen LogP contribution >= 0.6 is 0 Å². The Morgan fingerprint density at radius 1 is 0.718 bits per heavy atom. The Morgan fingerprint density at radius 3 is 1.85 bits per heavy atom. The van der Waals surface area contributed by atoms with Gasteiger partial charge < -0.3 is 4.74 Å². The van der Waals surface area contributed by atoms with Gasteiger partial charge in [0.15, 0.2) is 0 Å². The van der Waals surface area contributed by atoms with Crippen molar-refractivity contribution >= 4 is 0 Å². The van der Waals surface area contributed by atoms with Gasteiger partial charge in [-0.25, -0.2) is 0 Å². The molecule has 6 rings (SSSR count). The minimum Gasteiger partial charge on any atom is -0.496 e. The molecule has 6 aromatic rings. The highest BCUT2D eigenvalue weighted by Crippen LogP contribution is 2.22. The van der Waals surface area contributed by atoms with Crippen LogP contribution in [0, 0.1) is 11.3 Å². The number of ether oxygens (including phenoxy) is 1. The molecule has 0 aliphatic heterocycles. The van der Waals surface area contributed by atoms with E-state index in [1.54, 1.807) is 25.6 Å². The molecule has 0 atom stereocenters. The molecule has 0 bridgehead atoms. The van der Waals surface area contributed by atoms with Crippen LogP contribution in [0.3, 0.4) is 0 Å². The molecule has 0 aliphatic carbocycles. The fourth-order valence-electron chi connectivity index (χ4n) is 3.49. The van der Waals surface area contributed by atoms with Crippen LogP contribution in [0.25, 0.3) is 34.4 Å². The monoisotopic (exact) mass is 515 g/mol. The number of hydrogen-bond donors (Lipinski definition) is 0. The summed E-state index contributed by atoms with van der Waals surface area (Å²) in [6.45, 7) is 0. The number of nitriles is 1. The molecule has 2 aromatic carbocycles. The zero-order valence-corrected chi connectivity index (χ0v) is 20.8. The largest absolute Gasteiger partial charge is 0.496 e. The number of methoxy groups -OCH3 is 1. The Kier molecular flexibility index (Phi) is 7.60. The number of hydrogen-bond acceptors (Lipinski definition) is 10. The van der Waals surface area contributed by atoms with Crippen LogP contribution in [0.1, 0.15) is 5.56 Å². The number of rotatable bonds is 6. The van der Waals surface area contributed by atoms with Gasteiger partial charge >= 0.3 is 0 Å². The molecule has 0 radical (unpaired) electrons. The summed E-state index contributed by atoms with van der Waals surface area (Å²) in [6.07, 6.45) is 3.67. The lowest BCUT2D eigenvalue weighted by molar-refractivity contribution is 0.410. The van der Waals surface area contributed by atoms with E-state index >= 15 is 0 Å². The van der Waals surface area contributed by atoms with Crippen LogP contribution in [0.15, 0.2) is 97.3 Å². The maximum Gasteiger partial charge on any atom is 0.223 e. The summed E-state index contributed by atoms with van der Waals surface area (Å²) in [6, 6.07) is 28.3. The number of pyridine rings is 2. The lowest BCUT2D eigenvalue weighted by atomic mass is 10.1. The van der Waals surface area contributed by atoms with Gasteiger partial charge in [0.05, 0.1) is 31.0 Å². The van der Waals surface area contributed by atoms with Crippen molar-refractivity contribution in [1.29, 1.82) is 5.26 Å². The van der Waals surface area contributed by atoms with Gasteiger partial charge in [-0.15, -0.1) is 30.0 Å². The first-order chi connectivity index (χ1) is 19.2. The van der Waals surface area contributed by atoms with E-state index in [0.717, 1.165) is 16.9 Å². The Hall–Kier alpha value is -5.83. The van der Waals surface area contributed by atoms with Crippen molar-refractivity contribution in [2.45, 2.75) is 6.42 Å². The molecule has 0 spiro atoms. The SMILES string of the molecule is COc1cc(-n2nnc(-c3ccccn3)n2)ccc1CC#N.c1ccc(-n2nnc(-c3ccccn3)n2)cc1. The number of aromatic nitrogens is 10. The molecule has 0 saturated carbocycles. The van der Waals surface area contributed by atoms with Crippen LogP contribution in [-0.4, -0.2) is 57.5 Å². The van der Waals surface area contributed by atoms with Gasteiger partial charge in [-0.2, -0.15) is 5.26 Å². The van der Waals surface area contributed by atoms with E-state index in [9.17, 15) is 0 Å². The maximum absolute atomic E-state index is 8.80. The van der Waals surface area contributed by atoms with Crippen molar-refractivity contribution < 1.29 is 4.74 Å². The van der Waals surface area contributed by atoms with Crippen LogP contribution in [-0.2, 0) is 6.42 Å². The molecule has 12 heteroatoms. The van der Waals surface area contributed by atoms with Crippen molar-refractivity contribution in [2.75, 3.05) is 7.11 Å². The Bertz CT molecular complexity index is 1620. The smallest absolute Gasteiger partial charge is 0.223 e. The molecular formula is C27H21N11O. The van der Waals surface area contributed by atoms with Crippen LogP contribution in [0.4, 0.5) is 0 Å². The first kappa shape index (κ1) is 24.8. The molecule has 4 heterocycles. The van der Waals surface area contributed by atoms with Crippen molar-refractivity contribution in [3.63, 3.8) is 0 Å². The highest BCUT2D eigenvalue weighted by molar-refractivity contribution is 5.49. The standard InChI is InChI=1S/C15H12N6O.C12H9N5/c1-22-14-10-12(6-5-11(14)7-8-16)21-19-15(18-20-21)13-4-2-3-9-17-13;1-2-6-10(7-3-1)17-15-12(14-16-17)11-8-4-5-9-13-11/h2-6,9-10H,7H2,1H3;1-9H. The number of para-hydroxylation sites is 1. The molecule has 12 nitrogen and oxygen atoms in total. The maximum atomic E-state index is 8.80. The minimum absolute atomic E-state index is 0.285. The summed E-state index contributed by atoms with van der Waals surface area (Å²) in [5.41, 5.74) is 3.77. The van der Waals surface area contributed by atoms with E-state index in [1.165, 1.54) is 9.59 Å². The van der Waals surface area contributed by atoms with Crippen LogP contribution in [0.5, 0.6) is 5.75 Å². The first-order valence-corrected chi connectivity index (χ1v) is 11.8. The summed E-state index contributed by atoms with van der Waals surface area (Å²) < 4.78 is 5.30. The van der Waals surface area contributed by atoms with Crippen LogP contribution in [0.2, 0.25) is 0 Å². The predicted octanol–water partition coefficient (Wildman–Crippen LogP) is 3.52. The molecule has 0 N–H and O–H groups in total. The summed E-state index contributed by atoms with van der Waals surface area (Å²) in [5, 5.41) is 33.4. The van der Waals surface area contributed by atoms with Gasteiger partial charge in [0.1, 0.15) is 17.1 Å². The topological polar surface area (TPSA) is 146 Å². The Balaban J connectivity index is 0.000000163. The lowest BCUT2D eigenvalue weighted by Crippen LogP contribution is -2.01. The Morgan fingerprint density at radius 2 is 1.31 bits per heavy atom. The van der Waals surface area contributed by atoms with Gasteiger partial charge in [-0.05, 0) is 52.9 Å². The lowest BCUT2D eigenvalue weighted by Gasteiger charge is -2.07. The molecule has 0 fully saturated rings. The highest BCUT2D eigenvalue weighted by atomic mass is 16.5. The highest BCUT2D eigenvalue weighted by Gasteiger charge is 2.11. The molecule has 0 aliphatic rings. The average molecular weight is 516 g/mol. The van der Waals surface area contributed by atoms with E-state index < -0.39 is 0 Å². The van der Waals surface area contributed by atoms with Gasteiger partial charge in [0.25, 0.3) is 0 Å². The minimum atomic E-state index is 0.285. The van der Waals surface area contributed by atoms with Crippen molar-refractivity contribution in [3.05, 3.63) is 103 Å². The zero-order valence-electron chi connectivity index (χ0n) is 20.8. The van der Waals surface area contributed by atoms with Crippen molar-refractivity contribution in [1.82, 2.24) is 50.4 Å². The van der Waals surface area contributed by atoms with Crippen molar-refractivity contribution in [3.8, 4) is 46.2 Å². The van der Waals surface area contributed by atoms with Gasteiger partial charge in [-0.1, -0.05) is 36.4 Å². The van der Waals surface area contributed by atoms with Crippen molar-refractivity contribution in [2.24, 2.45) is 0 Å². The van der Waals surface area contributed by atoms with E-state index in [0.29, 0.717) is 28.8 Å². The van der Waals surface area contributed by atoms with E-state index in [-0.39, 0.29) is 6.42 Å². The number of tetrazole rings is 2. The quantitative estimate of drug-likeness (QED) is 0.323. The average Bonchev–Trinajstić information content (AvgIpc) is 3.71.